The van der Waals surface area contributed by atoms with Crippen molar-refractivity contribution in [2.75, 3.05) is 0 Å². The monoisotopic (exact) mass is 586 g/mol. The third-order valence-electron chi connectivity index (χ3n) is 7.21. The van der Waals surface area contributed by atoms with Crippen LogP contribution < -0.4 is 5.19 Å². The highest BCUT2D eigenvalue weighted by Crippen LogP contribution is 2.34. The molecule has 6 aromatic rings. The van der Waals surface area contributed by atoms with Gasteiger partial charge in [-0.3, -0.25) is 0 Å². The minimum Gasteiger partial charge on any atom is -0.326 e. The zero-order valence-electron chi connectivity index (χ0n) is 22.5. The molecular formula is C35H29BCl2N2Si. The third-order valence-corrected chi connectivity index (χ3v) is 10.3. The number of hydrogen-bond donors (Lipinski definition) is 0. The zero-order valence-corrected chi connectivity index (χ0v) is 25.4. The molecule has 0 saturated heterocycles. The summed E-state index contributed by atoms with van der Waals surface area (Å²) in [5.41, 5.74) is 4.70. The van der Waals surface area contributed by atoms with E-state index < -0.39 is 9.52 Å². The number of imidazole rings is 1. The summed E-state index contributed by atoms with van der Waals surface area (Å²) in [7, 11) is 5.26. The van der Waals surface area contributed by atoms with E-state index in [9.17, 15) is 0 Å². The van der Waals surface area contributed by atoms with Crippen LogP contribution in [0.1, 0.15) is 28.1 Å². The number of nitrogens with zero attached hydrogens (tertiary/aromatic N) is 2. The first-order valence-corrected chi connectivity index (χ1v) is 15.6. The van der Waals surface area contributed by atoms with Gasteiger partial charge in [0.05, 0.1) is 28.9 Å². The molecule has 0 atom stereocenters. The Hall–Kier alpha value is -3.83. The lowest BCUT2D eigenvalue weighted by Crippen LogP contribution is -2.46. The van der Waals surface area contributed by atoms with Gasteiger partial charge in [0, 0.05) is 22.4 Å². The van der Waals surface area contributed by atoms with Gasteiger partial charge in [-0.25, -0.2) is 4.98 Å². The average molecular weight is 587 g/mol. The van der Waals surface area contributed by atoms with Gasteiger partial charge in [0.1, 0.15) is 0 Å². The molecule has 2 nitrogen and oxygen atoms in total. The molecule has 0 unspecified atom stereocenters. The Balaban J connectivity index is 0.000000202. The maximum atomic E-state index is 6.19. The second-order valence-corrected chi connectivity index (χ2v) is 12.9. The first kappa shape index (κ1) is 28.7. The summed E-state index contributed by atoms with van der Waals surface area (Å²) in [5, 5.41) is 2.51. The number of hydrogen-bond acceptors (Lipinski definition) is 1. The molecule has 1 aromatic heterocycles. The highest BCUT2D eigenvalue weighted by Gasteiger charge is 2.36. The van der Waals surface area contributed by atoms with Crippen molar-refractivity contribution in [2.24, 2.45) is 0 Å². The number of rotatable bonds is 7. The lowest BCUT2D eigenvalue weighted by molar-refractivity contribution is 0.596. The van der Waals surface area contributed by atoms with Crippen LogP contribution in [0.3, 0.4) is 0 Å². The number of aromatic nitrogens is 2. The maximum absolute atomic E-state index is 6.19. The first-order chi connectivity index (χ1) is 20.1. The van der Waals surface area contributed by atoms with E-state index in [0.717, 1.165) is 21.2 Å². The van der Waals surface area contributed by atoms with Gasteiger partial charge >= 0.3 is 0 Å². The van der Waals surface area contributed by atoms with Crippen molar-refractivity contribution in [1.82, 2.24) is 9.55 Å². The normalized spacial score (nSPS) is 11.4. The zero-order chi connectivity index (χ0) is 28.5. The van der Waals surface area contributed by atoms with Crippen molar-refractivity contribution in [3.63, 3.8) is 0 Å². The molecule has 2 radical (unpaired) electrons. The van der Waals surface area contributed by atoms with Gasteiger partial charge in [-0.1, -0.05) is 144 Å². The van der Waals surface area contributed by atoms with Gasteiger partial charge in [-0.05, 0) is 52.3 Å². The van der Waals surface area contributed by atoms with Gasteiger partial charge in [0.15, 0.2) is 0 Å². The molecule has 6 rings (SSSR count). The Morgan fingerprint density at radius 2 is 1.05 bits per heavy atom. The minimum absolute atomic E-state index is 0.0163. The van der Waals surface area contributed by atoms with Crippen molar-refractivity contribution < 1.29 is 0 Å². The molecule has 41 heavy (non-hydrogen) atoms. The summed E-state index contributed by atoms with van der Waals surface area (Å²) in [6.45, 7) is 0. The fourth-order valence-electron chi connectivity index (χ4n) is 5.10. The molecule has 5 aromatic carbocycles. The lowest BCUT2D eigenvalue weighted by Gasteiger charge is -2.37. The molecule has 0 aliphatic rings. The molecule has 1 heterocycles. The predicted octanol–water partition coefficient (Wildman–Crippen LogP) is 7.38. The van der Waals surface area contributed by atoms with Crippen LogP contribution in [0, 0.1) is 0 Å². The summed E-state index contributed by atoms with van der Waals surface area (Å²) in [5.74, 6) is -0.0163. The third kappa shape index (κ3) is 6.91. The van der Waals surface area contributed by atoms with E-state index in [1.165, 1.54) is 16.3 Å². The highest BCUT2D eigenvalue weighted by molar-refractivity contribution is 6.57. The van der Waals surface area contributed by atoms with Crippen molar-refractivity contribution in [3.05, 3.63) is 191 Å². The molecule has 0 aliphatic heterocycles. The van der Waals surface area contributed by atoms with Crippen LogP contribution in [0.4, 0.5) is 0 Å². The van der Waals surface area contributed by atoms with E-state index in [1.807, 2.05) is 79.4 Å². The average Bonchev–Trinajstić information content (AvgIpc) is 3.58. The largest absolute Gasteiger partial charge is 0.326 e. The number of halogens is 2. The summed E-state index contributed by atoms with van der Waals surface area (Å²) >= 11 is 12.4. The summed E-state index contributed by atoms with van der Waals surface area (Å²) < 4.78 is 2.22. The van der Waals surface area contributed by atoms with E-state index in [1.54, 1.807) is 0 Å². The molecule has 0 bridgehead atoms. The van der Waals surface area contributed by atoms with Crippen molar-refractivity contribution in [2.45, 2.75) is 11.0 Å². The van der Waals surface area contributed by atoms with E-state index in [0.29, 0.717) is 0 Å². The summed E-state index contributed by atoms with van der Waals surface area (Å²) in [6.07, 6.45) is 5.78. The van der Waals surface area contributed by atoms with Crippen LogP contribution in [0.5, 0.6) is 0 Å². The van der Waals surface area contributed by atoms with Gasteiger partial charge in [-0.15, -0.1) is 0 Å². The Morgan fingerprint density at radius 3 is 1.46 bits per heavy atom. The van der Waals surface area contributed by atoms with Crippen LogP contribution in [-0.4, -0.2) is 26.9 Å². The lowest BCUT2D eigenvalue weighted by atomic mass is 9.76. The van der Waals surface area contributed by atoms with Crippen LogP contribution >= 0.6 is 23.2 Å². The molecule has 0 N–H and O–H groups in total. The highest BCUT2D eigenvalue weighted by atomic mass is 35.5. The van der Waals surface area contributed by atoms with Gasteiger partial charge in [0.2, 0.25) is 0 Å². The molecule has 0 amide bonds. The van der Waals surface area contributed by atoms with E-state index in [-0.39, 0.29) is 11.0 Å². The fourth-order valence-corrected chi connectivity index (χ4v) is 7.70. The molecule has 6 heteroatoms. The van der Waals surface area contributed by atoms with Crippen molar-refractivity contribution in [1.29, 1.82) is 0 Å². The van der Waals surface area contributed by atoms with Gasteiger partial charge in [-0.2, -0.15) is 0 Å². The molecule has 200 valence electrons. The molecule has 0 spiro atoms. The smallest absolute Gasteiger partial charge is 0.0965 e. The SMILES string of the molecule is Clc1ccc(C([SiH2]c2ccccc2)(c2ccc(Cl)cc2)n2ccnc2)cc1.[B]C(c1ccccc1)c1ccccc1. The fraction of sp³-hybridized carbons (Fsp3) is 0.0571. The van der Waals surface area contributed by atoms with E-state index >= 15 is 0 Å². The van der Waals surface area contributed by atoms with E-state index in [4.69, 9.17) is 31.0 Å². The second-order valence-electron chi connectivity index (χ2n) is 9.81. The molecular weight excluding hydrogens is 558 g/mol. The van der Waals surface area contributed by atoms with Crippen LogP contribution in [-0.2, 0) is 5.16 Å². The summed E-state index contributed by atoms with van der Waals surface area (Å²) in [6, 6.07) is 47.2. The van der Waals surface area contributed by atoms with Crippen LogP contribution in [0.25, 0.3) is 0 Å². The quantitative estimate of drug-likeness (QED) is 0.178. The summed E-state index contributed by atoms with van der Waals surface area (Å²) in [4.78, 5) is 4.35. The Morgan fingerprint density at radius 1 is 0.610 bits per heavy atom. The molecule has 0 aliphatic carbocycles. The molecule has 0 fully saturated rings. The van der Waals surface area contributed by atoms with Crippen molar-refractivity contribution >= 4 is 45.8 Å². The topological polar surface area (TPSA) is 17.8 Å². The van der Waals surface area contributed by atoms with E-state index in [2.05, 4.69) is 88.4 Å². The predicted molar refractivity (Wildman–Crippen MR) is 176 cm³/mol. The number of benzene rings is 5. The first-order valence-electron chi connectivity index (χ1n) is 13.5. The second kappa shape index (κ2) is 13.7. The Kier molecular flexibility index (Phi) is 9.58. The van der Waals surface area contributed by atoms with Gasteiger partial charge in [0.25, 0.3) is 0 Å². The van der Waals surface area contributed by atoms with Crippen LogP contribution in [0.15, 0.2) is 158 Å². The standard InChI is InChI=1S/C22H18Cl2N2Si.C13H11B/c23-19-10-6-17(7-11-19)22(26-15-14-25-16-26,18-8-12-20(24)13-9-18)27-21-4-2-1-3-5-21;14-13(11-7-3-1-4-8-11)12-9-5-2-6-10-12/h1-16H,27H2;1-10,13H. The molecule has 0 saturated carbocycles. The van der Waals surface area contributed by atoms with Crippen molar-refractivity contribution in [3.8, 4) is 0 Å². The minimum atomic E-state index is -0.858. The van der Waals surface area contributed by atoms with Crippen LogP contribution in [0.2, 0.25) is 10.0 Å². The maximum Gasteiger partial charge on any atom is 0.0965 e. The Bertz CT molecular complexity index is 1530. The Labute approximate surface area is 255 Å². The van der Waals surface area contributed by atoms with Gasteiger partial charge < -0.3 is 4.57 Å².